The monoisotopic (exact) mass is 287 g/mol. The molecule has 1 atom stereocenters. The molecular weight excluding hydrogens is 261 g/mol. The zero-order chi connectivity index (χ0) is 12.0. The van der Waals surface area contributed by atoms with E-state index in [0.29, 0.717) is 5.92 Å². The second-order valence-corrected chi connectivity index (χ2v) is 4.52. The molecule has 0 saturated carbocycles. The highest BCUT2D eigenvalue weighted by Gasteiger charge is 2.26. The standard InChI is InChI=1S/C11H25N3O.2ClH/c1-9(2)10(13(4)5)11(15)14(6)8-7-12-3;;/h9-10,12H,7-8H2,1-6H3;2*1H. The van der Waals surface area contributed by atoms with Crippen molar-refractivity contribution in [2.75, 3.05) is 41.3 Å². The molecule has 0 bridgehead atoms. The second-order valence-electron chi connectivity index (χ2n) is 4.52. The average Bonchev–Trinajstić information content (AvgIpc) is 2.12. The zero-order valence-electron chi connectivity index (χ0n) is 11.7. The van der Waals surface area contributed by atoms with Crippen LogP contribution < -0.4 is 5.32 Å². The summed E-state index contributed by atoms with van der Waals surface area (Å²) in [4.78, 5) is 15.9. The largest absolute Gasteiger partial charge is 0.343 e. The molecule has 0 aliphatic rings. The van der Waals surface area contributed by atoms with Gasteiger partial charge in [0.25, 0.3) is 0 Å². The third-order valence-corrected chi connectivity index (χ3v) is 2.51. The lowest BCUT2D eigenvalue weighted by Gasteiger charge is -2.30. The second kappa shape index (κ2) is 11.1. The van der Waals surface area contributed by atoms with E-state index in [-0.39, 0.29) is 36.8 Å². The summed E-state index contributed by atoms with van der Waals surface area (Å²) in [5, 5.41) is 3.04. The number of halogens is 2. The van der Waals surface area contributed by atoms with Gasteiger partial charge in [-0.05, 0) is 27.1 Å². The Morgan fingerprint density at radius 3 is 1.94 bits per heavy atom. The number of rotatable bonds is 6. The molecule has 0 aromatic heterocycles. The summed E-state index contributed by atoms with van der Waals surface area (Å²) >= 11 is 0. The first-order valence-corrected chi connectivity index (χ1v) is 5.47. The fourth-order valence-corrected chi connectivity index (χ4v) is 1.72. The molecular formula is C11H27Cl2N3O. The van der Waals surface area contributed by atoms with E-state index in [4.69, 9.17) is 0 Å². The Labute approximate surface area is 118 Å². The van der Waals surface area contributed by atoms with Gasteiger partial charge in [0.15, 0.2) is 0 Å². The summed E-state index contributed by atoms with van der Waals surface area (Å²) in [6, 6.07) is -0.0214. The minimum atomic E-state index is -0.0214. The summed E-state index contributed by atoms with van der Waals surface area (Å²) in [6.45, 7) is 5.75. The van der Waals surface area contributed by atoms with Crippen LogP contribution in [0.1, 0.15) is 13.8 Å². The minimum absolute atomic E-state index is 0. The van der Waals surface area contributed by atoms with Gasteiger partial charge in [-0.15, -0.1) is 24.8 Å². The molecule has 0 aromatic carbocycles. The molecule has 0 fully saturated rings. The molecule has 1 N–H and O–H groups in total. The molecule has 17 heavy (non-hydrogen) atoms. The van der Waals surface area contributed by atoms with Crippen molar-refractivity contribution >= 4 is 30.7 Å². The average molecular weight is 288 g/mol. The van der Waals surface area contributed by atoms with Crippen molar-refractivity contribution in [3.8, 4) is 0 Å². The van der Waals surface area contributed by atoms with Crippen molar-refractivity contribution in [3.05, 3.63) is 0 Å². The van der Waals surface area contributed by atoms with Crippen LogP contribution in [0.3, 0.4) is 0 Å². The lowest BCUT2D eigenvalue weighted by Crippen LogP contribution is -2.48. The molecule has 1 amide bonds. The molecule has 0 saturated heterocycles. The lowest BCUT2D eigenvalue weighted by atomic mass is 10.0. The van der Waals surface area contributed by atoms with Crippen LogP contribution in [0.4, 0.5) is 0 Å². The van der Waals surface area contributed by atoms with Crippen LogP contribution in [0.2, 0.25) is 0 Å². The fourth-order valence-electron chi connectivity index (χ4n) is 1.72. The van der Waals surface area contributed by atoms with Gasteiger partial charge in [0.05, 0.1) is 6.04 Å². The molecule has 0 aromatic rings. The molecule has 4 nitrogen and oxygen atoms in total. The van der Waals surface area contributed by atoms with Crippen LogP contribution in [0.15, 0.2) is 0 Å². The number of amides is 1. The predicted octanol–water partition coefficient (Wildman–Crippen LogP) is 1.09. The quantitative estimate of drug-likeness (QED) is 0.795. The van der Waals surface area contributed by atoms with Gasteiger partial charge < -0.3 is 10.2 Å². The van der Waals surface area contributed by atoms with E-state index in [9.17, 15) is 4.79 Å². The molecule has 0 aliphatic heterocycles. The van der Waals surface area contributed by atoms with Crippen molar-refractivity contribution in [1.82, 2.24) is 15.1 Å². The first-order valence-electron chi connectivity index (χ1n) is 5.47. The van der Waals surface area contributed by atoms with Gasteiger partial charge in [-0.2, -0.15) is 0 Å². The molecule has 0 spiro atoms. The van der Waals surface area contributed by atoms with Crippen LogP contribution in [0.5, 0.6) is 0 Å². The van der Waals surface area contributed by atoms with Crippen LogP contribution in [-0.4, -0.2) is 63.0 Å². The minimum Gasteiger partial charge on any atom is -0.343 e. The SMILES string of the molecule is CNCCN(C)C(=O)C(C(C)C)N(C)C.Cl.Cl. The normalized spacial score (nSPS) is 11.8. The van der Waals surface area contributed by atoms with Gasteiger partial charge >= 0.3 is 0 Å². The topological polar surface area (TPSA) is 35.6 Å². The van der Waals surface area contributed by atoms with Crippen molar-refractivity contribution in [3.63, 3.8) is 0 Å². The maximum Gasteiger partial charge on any atom is 0.239 e. The summed E-state index contributed by atoms with van der Waals surface area (Å²) in [5.74, 6) is 0.537. The van der Waals surface area contributed by atoms with E-state index in [2.05, 4.69) is 19.2 Å². The Bertz CT molecular complexity index is 193. The van der Waals surface area contributed by atoms with E-state index < -0.39 is 0 Å². The number of carbonyl (C=O) groups excluding carboxylic acids is 1. The summed E-state index contributed by atoms with van der Waals surface area (Å²) in [6.07, 6.45) is 0. The Balaban J connectivity index is -0.000000980. The predicted molar refractivity (Wildman–Crippen MR) is 78.4 cm³/mol. The van der Waals surface area contributed by atoms with Crippen molar-refractivity contribution in [2.24, 2.45) is 5.92 Å². The highest BCUT2D eigenvalue weighted by atomic mass is 35.5. The Morgan fingerprint density at radius 1 is 1.18 bits per heavy atom. The van der Waals surface area contributed by atoms with Crippen molar-refractivity contribution in [1.29, 1.82) is 0 Å². The van der Waals surface area contributed by atoms with Gasteiger partial charge in [-0.3, -0.25) is 9.69 Å². The van der Waals surface area contributed by atoms with Gasteiger partial charge in [0, 0.05) is 20.1 Å². The van der Waals surface area contributed by atoms with Crippen LogP contribution in [0, 0.1) is 5.92 Å². The van der Waals surface area contributed by atoms with Crippen LogP contribution in [0.25, 0.3) is 0 Å². The van der Waals surface area contributed by atoms with Gasteiger partial charge in [-0.25, -0.2) is 0 Å². The summed E-state index contributed by atoms with van der Waals surface area (Å²) < 4.78 is 0. The zero-order valence-corrected chi connectivity index (χ0v) is 13.3. The van der Waals surface area contributed by atoms with Gasteiger partial charge in [0.2, 0.25) is 5.91 Å². The number of hydrogen-bond acceptors (Lipinski definition) is 3. The number of hydrogen-bond donors (Lipinski definition) is 1. The highest BCUT2D eigenvalue weighted by molar-refractivity contribution is 5.85. The highest BCUT2D eigenvalue weighted by Crippen LogP contribution is 2.10. The van der Waals surface area contributed by atoms with Gasteiger partial charge in [-0.1, -0.05) is 13.8 Å². The molecule has 6 heteroatoms. The number of likely N-dealkylation sites (N-methyl/N-ethyl adjacent to an activating group) is 3. The van der Waals surface area contributed by atoms with Crippen molar-refractivity contribution in [2.45, 2.75) is 19.9 Å². The third kappa shape index (κ3) is 7.82. The van der Waals surface area contributed by atoms with E-state index >= 15 is 0 Å². The maximum atomic E-state index is 12.1. The number of nitrogens with zero attached hydrogens (tertiary/aromatic N) is 2. The first kappa shape index (κ1) is 22.2. The van der Waals surface area contributed by atoms with Gasteiger partial charge in [0.1, 0.15) is 0 Å². The summed E-state index contributed by atoms with van der Waals surface area (Å²) in [7, 11) is 7.66. The molecule has 0 heterocycles. The number of nitrogens with one attached hydrogen (secondary N) is 1. The fraction of sp³-hybridized carbons (Fsp3) is 0.909. The van der Waals surface area contributed by atoms with E-state index in [1.807, 2.05) is 33.1 Å². The van der Waals surface area contributed by atoms with Crippen molar-refractivity contribution < 1.29 is 4.79 Å². The lowest BCUT2D eigenvalue weighted by molar-refractivity contribution is -0.136. The summed E-state index contributed by atoms with van der Waals surface area (Å²) in [5.41, 5.74) is 0. The first-order chi connectivity index (χ1) is 6.91. The molecule has 1 unspecified atom stereocenters. The third-order valence-electron chi connectivity index (χ3n) is 2.51. The molecule has 0 rings (SSSR count). The van der Waals surface area contributed by atoms with E-state index in [0.717, 1.165) is 13.1 Å². The smallest absolute Gasteiger partial charge is 0.239 e. The Kier molecular flexibility index (Phi) is 14.5. The Hall–Kier alpha value is -0.0300. The Morgan fingerprint density at radius 2 is 1.65 bits per heavy atom. The van der Waals surface area contributed by atoms with E-state index in [1.54, 1.807) is 4.90 Å². The van der Waals surface area contributed by atoms with E-state index in [1.165, 1.54) is 0 Å². The number of carbonyl (C=O) groups is 1. The maximum absolute atomic E-state index is 12.1. The molecule has 0 aliphatic carbocycles. The molecule has 106 valence electrons. The van der Waals surface area contributed by atoms with Crippen LogP contribution >= 0.6 is 24.8 Å². The molecule has 0 radical (unpaired) electrons. The van der Waals surface area contributed by atoms with Crippen LogP contribution in [-0.2, 0) is 4.79 Å².